The Labute approximate surface area is 126 Å². The standard InChI is InChI=1S/C17H24N2O2/c1-4-13-7-9-15(10-8-13)19-12-14(11-16(19)20)17(21)18(5-2)6-3/h7-10,14H,4-6,11-12H2,1-3H3/t14-/m0/s1. The summed E-state index contributed by atoms with van der Waals surface area (Å²) < 4.78 is 0. The Balaban J connectivity index is 2.10. The lowest BCUT2D eigenvalue weighted by Crippen LogP contribution is -2.37. The number of carbonyl (C=O) groups is 2. The van der Waals surface area contributed by atoms with E-state index in [0.717, 1.165) is 12.1 Å². The molecule has 0 radical (unpaired) electrons. The molecule has 0 N–H and O–H groups in total. The molecule has 1 atom stereocenters. The van der Waals surface area contributed by atoms with Crippen molar-refractivity contribution in [2.24, 2.45) is 5.92 Å². The van der Waals surface area contributed by atoms with Crippen LogP contribution in [0.3, 0.4) is 0 Å². The second-order valence-corrected chi connectivity index (χ2v) is 5.44. The summed E-state index contributed by atoms with van der Waals surface area (Å²) in [5.74, 6) is -0.0611. The zero-order valence-electron chi connectivity index (χ0n) is 13.1. The van der Waals surface area contributed by atoms with E-state index < -0.39 is 0 Å². The largest absolute Gasteiger partial charge is 0.343 e. The van der Waals surface area contributed by atoms with Crippen LogP contribution < -0.4 is 4.90 Å². The van der Waals surface area contributed by atoms with Crippen molar-refractivity contribution in [3.8, 4) is 0 Å². The van der Waals surface area contributed by atoms with E-state index in [0.29, 0.717) is 26.1 Å². The van der Waals surface area contributed by atoms with Gasteiger partial charge < -0.3 is 9.80 Å². The van der Waals surface area contributed by atoms with Crippen LogP contribution in [0.5, 0.6) is 0 Å². The van der Waals surface area contributed by atoms with E-state index in [-0.39, 0.29) is 17.7 Å². The molecule has 4 heteroatoms. The van der Waals surface area contributed by atoms with Gasteiger partial charge in [-0.05, 0) is 38.0 Å². The van der Waals surface area contributed by atoms with Crippen LogP contribution in [0.15, 0.2) is 24.3 Å². The smallest absolute Gasteiger partial charge is 0.227 e. The van der Waals surface area contributed by atoms with Gasteiger partial charge in [-0.25, -0.2) is 0 Å². The molecule has 1 aromatic carbocycles. The minimum Gasteiger partial charge on any atom is -0.343 e. The molecule has 1 saturated heterocycles. The van der Waals surface area contributed by atoms with E-state index in [1.165, 1.54) is 5.56 Å². The molecular weight excluding hydrogens is 264 g/mol. The average molecular weight is 288 g/mol. The Morgan fingerprint density at radius 1 is 1.19 bits per heavy atom. The van der Waals surface area contributed by atoms with Gasteiger partial charge in [0.15, 0.2) is 0 Å². The molecule has 1 aliphatic rings. The van der Waals surface area contributed by atoms with Crippen molar-refractivity contribution in [3.63, 3.8) is 0 Å². The van der Waals surface area contributed by atoms with Crippen LogP contribution in [0.2, 0.25) is 0 Å². The molecule has 0 aromatic heterocycles. The third kappa shape index (κ3) is 3.26. The second-order valence-electron chi connectivity index (χ2n) is 5.44. The molecule has 1 fully saturated rings. The Morgan fingerprint density at radius 2 is 1.81 bits per heavy atom. The highest BCUT2D eigenvalue weighted by atomic mass is 16.2. The van der Waals surface area contributed by atoms with E-state index in [1.807, 2.05) is 43.0 Å². The van der Waals surface area contributed by atoms with E-state index >= 15 is 0 Å². The maximum absolute atomic E-state index is 12.4. The lowest BCUT2D eigenvalue weighted by molar-refractivity contribution is -0.135. The number of nitrogens with zero attached hydrogens (tertiary/aromatic N) is 2. The number of amides is 2. The van der Waals surface area contributed by atoms with Crippen LogP contribution in [-0.4, -0.2) is 36.3 Å². The fourth-order valence-corrected chi connectivity index (χ4v) is 2.83. The van der Waals surface area contributed by atoms with Crippen molar-refractivity contribution < 1.29 is 9.59 Å². The SMILES string of the molecule is CCc1ccc(N2C[C@@H](C(=O)N(CC)CC)CC2=O)cc1. The maximum Gasteiger partial charge on any atom is 0.227 e. The van der Waals surface area contributed by atoms with E-state index in [1.54, 1.807) is 4.90 Å². The molecule has 0 aliphatic carbocycles. The highest BCUT2D eigenvalue weighted by molar-refractivity contribution is 6.00. The van der Waals surface area contributed by atoms with Gasteiger partial charge in [0.1, 0.15) is 0 Å². The van der Waals surface area contributed by atoms with Crippen molar-refractivity contribution >= 4 is 17.5 Å². The van der Waals surface area contributed by atoms with Gasteiger partial charge in [-0.3, -0.25) is 9.59 Å². The first-order chi connectivity index (χ1) is 10.1. The van der Waals surface area contributed by atoms with E-state index in [9.17, 15) is 9.59 Å². The summed E-state index contributed by atoms with van der Waals surface area (Å²) in [6.07, 6.45) is 1.31. The van der Waals surface area contributed by atoms with Crippen molar-refractivity contribution in [2.75, 3.05) is 24.5 Å². The molecule has 2 rings (SSSR count). The van der Waals surface area contributed by atoms with Crippen molar-refractivity contribution in [1.82, 2.24) is 4.90 Å². The highest BCUT2D eigenvalue weighted by Gasteiger charge is 2.36. The molecule has 21 heavy (non-hydrogen) atoms. The number of aryl methyl sites for hydroxylation is 1. The molecule has 0 saturated carbocycles. The van der Waals surface area contributed by atoms with Gasteiger partial charge in [0.2, 0.25) is 11.8 Å². The number of rotatable bonds is 5. The summed E-state index contributed by atoms with van der Waals surface area (Å²) in [5, 5.41) is 0. The van der Waals surface area contributed by atoms with Crippen molar-refractivity contribution in [1.29, 1.82) is 0 Å². The Morgan fingerprint density at radius 3 is 2.33 bits per heavy atom. The van der Waals surface area contributed by atoms with Gasteiger partial charge in [0, 0.05) is 31.7 Å². The molecule has 1 aliphatic heterocycles. The summed E-state index contributed by atoms with van der Waals surface area (Å²) in [7, 11) is 0. The lowest BCUT2D eigenvalue weighted by atomic mass is 10.1. The molecule has 2 amide bonds. The zero-order chi connectivity index (χ0) is 15.4. The molecule has 0 unspecified atom stereocenters. The third-order valence-corrected chi connectivity index (χ3v) is 4.21. The van der Waals surface area contributed by atoms with Gasteiger partial charge in [-0.15, -0.1) is 0 Å². The molecular formula is C17H24N2O2. The topological polar surface area (TPSA) is 40.6 Å². The van der Waals surface area contributed by atoms with Gasteiger partial charge in [-0.1, -0.05) is 19.1 Å². The number of carbonyl (C=O) groups excluding carboxylic acids is 2. The van der Waals surface area contributed by atoms with E-state index in [2.05, 4.69) is 6.92 Å². The second kappa shape index (κ2) is 6.74. The predicted molar refractivity (Wildman–Crippen MR) is 84.2 cm³/mol. The van der Waals surface area contributed by atoms with Gasteiger partial charge in [0.25, 0.3) is 0 Å². The Kier molecular flexibility index (Phi) is 4.99. The number of hydrogen-bond acceptors (Lipinski definition) is 2. The molecule has 0 bridgehead atoms. The number of hydrogen-bond donors (Lipinski definition) is 0. The number of benzene rings is 1. The average Bonchev–Trinajstić information content (AvgIpc) is 2.90. The predicted octanol–water partition coefficient (Wildman–Crippen LogP) is 2.47. The fraction of sp³-hybridized carbons (Fsp3) is 0.529. The summed E-state index contributed by atoms with van der Waals surface area (Å²) in [4.78, 5) is 28.1. The summed E-state index contributed by atoms with van der Waals surface area (Å²) in [5.41, 5.74) is 2.15. The molecule has 1 heterocycles. The first-order valence-corrected chi connectivity index (χ1v) is 7.78. The summed E-state index contributed by atoms with van der Waals surface area (Å²) in [6.45, 7) is 7.95. The van der Waals surface area contributed by atoms with Crippen LogP contribution in [-0.2, 0) is 16.0 Å². The lowest BCUT2D eigenvalue weighted by Gasteiger charge is -2.22. The molecule has 1 aromatic rings. The summed E-state index contributed by atoms with van der Waals surface area (Å²) >= 11 is 0. The Hall–Kier alpha value is -1.84. The van der Waals surface area contributed by atoms with Crippen LogP contribution >= 0.6 is 0 Å². The quantitative estimate of drug-likeness (QED) is 0.835. The first kappa shape index (κ1) is 15.5. The molecule has 4 nitrogen and oxygen atoms in total. The van der Waals surface area contributed by atoms with Gasteiger partial charge >= 0.3 is 0 Å². The molecule has 0 spiro atoms. The van der Waals surface area contributed by atoms with Crippen LogP contribution in [0.1, 0.15) is 32.8 Å². The van der Waals surface area contributed by atoms with Crippen molar-refractivity contribution in [3.05, 3.63) is 29.8 Å². The van der Waals surface area contributed by atoms with Crippen LogP contribution in [0, 0.1) is 5.92 Å². The van der Waals surface area contributed by atoms with Gasteiger partial charge in [0.05, 0.1) is 5.92 Å². The van der Waals surface area contributed by atoms with Crippen molar-refractivity contribution in [2.45, 2.75) is 33.6 Å². The minimum absolute atomic E-state index is 0.0461. The normalized spacial score (nSPS) is 18.1. The van der Waals surface area contributed by atoms with Crippen LogP contribution in [0.25, 0.3) is 0 Å². The fourth-order valence-electron chi connectivity index (χ4n) is 2.83. The summed E-state index contributed by atoms with van der Waals surface area (Å²) in [6, 6.07) is 8.03. The van der Waals surface area contributed by atoms with Gasteiger partial charge in [-0.2, -0.15) is 0 Å². The monoisotopic (exact) mass is 288 g/mol. The third-order valence-electron chi connectivity index (χ3n) is 4.21. The van der Waals surface area contributed by atoms with E-state index in [4.69, 9.17) is 0 Å². The molecule has 114 valence electrons. The zero-order valence-corrected chi connectivity index (χ0v) is 13.1. The first-order valence-electron chi connectivity index (χ1n) is 7.78. The minimum atomic E-state index is -0.205. The number of anilines is 1. The maximum atomic E-state index is 12.4. The highest BCUT2D eigenvalue weighted by Crippen LogP contribution is 2.26. The van der Waals surface area contributed by atoms with Crippen LogP contribution in [0.4, 0.5) is 5.69 Å². The Bertz CT molecular complexity index is 506.